The number of hydrogen-bond acceptors (Lipinski definition) is 3. The molecule has 0 fully saturated rings. The Balaban J connectivity index is 0.00000144. The summed E-state index contributed by atoms with van der Waals surface area (Å²) in [6.07, 6.45) is 3.95. The Morgan fingerprint density at radius 1 is 1.35 bits per heavy atom. The van der Waals surface area contributed by atoms with Crippen LogP contribution in [0.5, 0.6) is 0 Å². The van der Waals surface area contributed by atoms with Gasteiger partial charge in [-0.1, -0.05) is 0 Å². The maximum absolute atomic E-state index is 10.4. The molecule has 1 radical (unpaired) electrons. The third kappa shape index (κ3) is 4.37. The molecule has 0 aliphatic heterocycles. The van der Waals surface area contributed by atoms with E-state index in [0.29, 0.717) is 24.2 Å². The van der Waals surface area contributed by atoms with Crippen molar-refractivity contribution >= 4 is 18.2 Å². The van der Waals surface area contributed by atoms with Crippen LogP contribution in [0, 0.1) is 6.07 Å². The van der Waals surface area contributed by atoms with Crippen LogP contribution in [0.3, 0.4) is 0 Å². The van der Waals surface area contributed by atoms with E-state index in [2.05, 4.69) is 17.3 Å². The Labute approximate surface area is 125 Å². The quantitative estimate of drug-likeness (QED) is 0.495. The molecule has 0 saturated heterocycles. The first kappa shape index (κ1) is 14.0. The van der Waals surface area contributed by atoms with Crippen LogP contribution in [0.25, 0.3) is 0 Å². The van der Waals surface area contributed by atoms with Crippen LogP contribution < -0.4 is 0 Å². The van der Waals surface area contributed by atoms with Gasteiger partial charge in [0.1, 0.15) is 0 Å². The van der Waals surface area contributed by atoms with E-state index < -0.39 is 0 Å². The molecule has 1 aromatic heterocycles. The molecule has 0 aliphatic rings. The van der Waals surface area contributed by atoms with Crippen LogP contribution in [0.4, 0.5) is 5.69 Å². The minimum Gasteiger partial charge on any atom is -0.481 e. The van der Waals surface area contributed by atoms with E-state index in [1.165, 1.54) is 0 Å². The fourth-order valence-electron chi connectivity index (χ4n) is 1.21. The first-order valence-electron chi connectivity index (χ1n) is 4.82. The zero-order valence-electron chi connectivity index (χ0n) is 9.09. The number of carbonyl (C=O) groups excluding carboxylic acids is 1. The zero-order valence-corrected chi connectivity index (χ0v) is 11.9. The third-order valence-corrected chi connectivity index (χ3v) is 1.94. The maximum atomic E-state index is 10.4. The number of benzene rings is 1. The molecule has 2 rings (SSSR count). The van der Waals surface area contributed by atoms with Crippen LogP contribution in [-0.4, -0.2) is 12.5 Å². The number of nitrogens with zero attached hydrogens (tertiary/aromatic N) is 1. The van der Waals surface area contributed by atoms with Gasteiger partial charge in [0.05, 0.1) is 5.76 Å². The molecular formula is C13H9NO2Y-2. The van der Waals surface area contributed by atoms with E-state index >= 15 is 0 Å². The fourth-order valence-corrected chi connectivity index (χ4v) is 1.21. The van der Waals surface area contributed by atoms with E-state index in [0.717, 1.165) is 5.69 Å². The molecular weight excluding hydrogens is 291 g/mol. The summed E-state index contributed by atoms with van der Waals surface area (Å²) >= 11 is 0. The molecule has 0 bridgehead atoms. The minimum absolute atomic E-state index is 0. The van der Waals surface area contributed by atoms with Crippen molar-refractivity contribution in [1.29, 1.82) is 0 Å². The van der Waals surface area contributed by atoms with Crippen LogP contribution in [-0.2, 0) is 39.1 Å². The SMILES string of the molecule is O=Cc1ccc(C[C-]=Nc2[c-]cccc2)o1.[Y]. The van der Waals surface area contributed by atoms with Gasteiger partial charge in [-0.2, -0.15) is 24.4 Å². The Morgan fingerprint density at radius 2 is 2.24 bits per heavy atom. The standard InChI is InChI=1S/C13H9NO2.Y/c15-10-13-7-6-12(16-13)8-9-14-11-4-2-1-3-5-11;/h1-4,6-7,10H,8H2;/q-2;. The van der Waals surface area contributed by atoms with Gasteiger partial charge in [-0.15, -0.1) is 0 Å². The second-order valence-corrected chi connectivity index (χ2v) is 3.12. The van der Waals surface area contributed by atoms with Crippen molar-refractivity contribution in [1.82, 2.24) is 0 Å². The summed E-state index contributed by atoms with van der Waals surface area (Å²) in [5.74, 6) is 0.991. The summed E-state index contributed by atoms with van der Waals surface area (Å²) < 4.78 is 5.17. The van der Waals surface area contributed by atoms with Crippen molar-refractivity contribution in [2.45, 2.75) is 6.42 Å². The summed E-state index contributed by atoms with van der Waals surface area (Å²) in [6, 6.07) is 13.7. The first-order chi connectivity index (χ1) is 7.88. The van der Waals surface area contributed by atoms with Gasteiger partial charge in [-0.05, 0) is 18.6 Å². The summed E-state index contributed by atoms with van der Waals surface area (Å²) in [5.41, 5.74) is 0.727. The molecule has 0 spiro atoms. The van der Waals surface area contributed by atoms with Gasteiger partial charge in [0, 0.05) is 32.7 Å². The monoisotopic (exact) mass is 300 g/mol. The normalized spacial score (nSPS) is 10.1. The Kier molecular flexibility index (Phi) is 6.02. The molecule has 3 nitrogen and oxygen atoms in total. The average Bonchev–Trinajstić information content (AvgIpc) is 2.78. The Morgan fingerprint density at radius 3 is 2.88 bits per heavy atom. The van der Waals surface area contributed by atoms with Gasteiger partial charge in [0.2, 0.25) is 0 Å². The maximum Gasteiger partial charge on any atom is 0.185 e. The topological polar surface area (TPSA) is 42.6 Å². The number of carbonyl (C=O) groups is 1. The summed E-state index contributed by atoms with van der Waals surface area (Å²) in [5, 5.41) is 0. The molecule has 0 unspecified atom stereocenters. The molecule has 0 amide bonds. The van der Waals surface area contributed by atoms with Gasteiger partial charge in [-0.25, -0.2) is 11.8 Å². The second kappa shape index (κ2) is 7.30. The van der Waals surface area contributed by atoms with Gasteiger partial charge in [-0.3, -0.25) is 10.9 Å². The molecule has 17 heavy (non-hydrogen) atoms. The van der Waals surface area contributed by atoms with E-state index in [-0.39, 0.29) is 32.7 Å². The smallest absolute Gasteiger partial charge is 0.185 e. The Hall–Kier alpha value is -1.06. The number of aldehydes is 1. The van der Waals surface area contributed by atoms with E-state index in [4.69, 9.17) is 4.42 Å². The minimum atomic E-state index is 0. The number of para-hydroxylation sites is 1. The summed E-state index contributed by atoms with van der Waals surface area (Å²) in [7, 11) is 0. The Bertz CT molecular complexity index is 491. The van der Waals surface area contributed by atoms with Crippen LogP contribution in [0.15, 0.2) is 45.8 Å². The molecule has 0 atom stereocenters. The van der Waals surface area contributed by atoms with E-state index in [1.807, 2.05) is 18.2 Å². The number of furan rings is 1. The predicted octanol–water partition coefficient (Wildman–Crippen LogP) is 2.71. The van der Waals surface area contributed by atoms with Gasteiger partial charge in [0.15, 0.2) is 12.0 Å². The average molecular weight is 300 g/mol. The zero-order chi connectivity index (χ0) is 11.2. The molecule has 1 heterocycles. The number of aliphatic imine (C=N–C) groups is 1. The molecule has 0 N–H and O–H groups in total. The largest absolute Gasteiger partial charge is 0.481 e. The van der Waals surface area contributed by atoms with Crippen molar-refractivity contribution in [3.63, 3.8) is 0 Å². The van der Waals surface area contributed by atoms with E-state index in [1.54, 1.807) is 18.2 Å². The third-order valence-electron chi connectivity index (χ3n) is 1.94. The van der Waals surface area contributed by atoms with E-state index in [9.17, 15) is 4.79 Å². The molecule has 0 aliphatic carbocycles. The van der Waals surface area contributed by atoms with Crippen molar-refractivity contribution in [3.8, 4) is 0 Å². The molecule has 83 valence electrons. The van der Waals surface area contributed by atoms with Crippen molar-refractivity contribution in [2.75, 3.05) is 0 Å². The van der Waals surface area contributed by atoms with Crippen LogP contribution >= 0.6 is 0 Å². The van der Waals surface area contributed by atoms with Crippen LogP contribution in [0.2, 0.25) is 0 Å². The fraction of sp³-hybridized carbons (Fsp3) is 0.0769. The summed E-state index contributed by atoms with van der Waals surface area (Å²) in [6.45, 7) is 0. The van der Waals surface area contributed by atoms with Gasteiger partial charge >= 0.3 is 0 Å². The molecule has 4 heteroatoms. The number of hydrogen-bond donors (Lipinski definition) is 0. The first-order valence-corrected chi connectivity index (χ1v) is 4.82. The van der Waals surface area contributed by atoms with Crippen molar-refractivity contribution in [2.24, 2.45) is 4.99 Å². The van der Waals surface area contributed by atoms with Crippen molar-refractivity contribution < 1.29 is 41.9 Å². The van der Waals surface area contributed by atoms with Gasteiger partial charge < -0.3 is 9.41 Å². The molecule has 1 aromatic carbocycles. The molecule has 0 saturated carbocycles. The number of rotatable bonds is 4. The predicted molar refractivity (Wildman–Crippen MR) is 60.2 cm³/mol. The second-order valence-electron chi connectivity index (χ2n) is 3.12. The van der Waals surface area contributed by atoms with Gasteiger partial charge in [0.25, 0.3) is 0 Å². The molecule has 2 aromatic rings. The summed E-state index contributed by atoms with van der Waals surface area (Å²) in [4.78, 5) is 14.5. The van der Waals surface area contributed by atoms with Crippen LogP contribution in [0.1, 0.15) is 16.3 Å². The van der Waals surface area contributed by atoms with Crippen molar-refractivity contribution in [3.05, 3.63) is 54.0 Å².